The Labute approximate surface area is 212 Å². The fourth-order valence-corrected chi connectivity index (χ4v) is 5.59. The molecule has 1 aliphatic heterocycles. The van der Waals surface area contributed by atoms with E-state index in [-0.39, 0.29) is 30.1 Å². The highest BCUT2D eigenvalue weighted by atomic mass is 19.1. The summed E-state index contributed by atoms with van der Waals surface area (Å²) in [6.07, 6.45) is 3.67. The zero-order chi connectivity index (χ0) is 26.2. The molecule has 2 aromatic carbocycles. The lowest BCUT2D eigenvalue weighted by Crippen LogP contribution is -2.51. The van der Waals surface area contributed by atoms with Crippen LogP contribution < -0.4 is 10.2 Å². The van der Waals surface area contributed by atoms with Crippen LogP contribution in [0.3, 0.4) is 0 Å². The van der Waals surface area contributed by atoms with Crippen molar-refractivity contribution in [2.24, 2.45) is 0 Å². The molecule has 7 heteroatoms. The molecule has 2 aliphatic rings. The van der Waals surface area contributed by atoms with Gasteiger partial charge < -0.3 is 5.32 Å². The van der Waals surface area contributed by atoms with E-state index in [9.17, 15) is 18.8 Å². The first kappa shape index (κ1) is 25.9. The molecule has 0 unspecified atom stereocenters. The molecule has 1 saturated carbocycles. The maximum absolute atomic E-state index is 14.0. The number of nitrogens with zero attached hydrogens (tertiary/aromatic N) is 2. The second-order valence-electron chi connectivity index (χ2n) is 10.7. The van der Waals surface area contributed by atoms with Crippen LogP contribution in [-0.2, 0) is 9.59 Å². The summed E-state index contributed by atoms with van der Waals surface area (Å²) in [5.41, 5.74) is 2.65. The molecule has 0 bridgehead atoms. The summed E-state index contributed by atoms with van der Waals surface area (Å²) in [5.74, 6) is -0.732. The molecule has 1 heterocycles. The Morgan fingerprint density at radius 2 is 1.61 bits per heavy atom. The highest BCUT2D eigenvalue weighted by Gasteiger charge is 2.58. The van der Waals surface area contributed by atoms with E-state index in [2.05, 4.69) is 33.0 Å². The van der Waals surface area contributed by atoms with Gasteiger partial charge in [0.1, 0.15) is 17.9 Å². The molecule has 0 atom stereocenters. The Morgan fingerprint density at radius 3 is 2.17 bits per heavy atom. The van der Waals surface area contributed by atoms with Gasteiger partial charge in [0, 0.05) is 11.4 Å². The minimum absolute atomic E-state index is 0.191. The third-order valence-electron chi connectivity index (χ3n) is 7.51. The van der Waals surface area contributed by atoms with Gasteiger partial charge in [-0.2, -0.15) is 0 Å². The van der Waals surface area contributed by atoms with Crippen molar-refractivity contribution in [3.8, 4) is 0 Å². The minimum atomic E-state index is -1.03. The van der Waals surface area contributed by atoms with Gasteiger partial charge in [0.2, 0.25) is 5.91 Å². The van der Waals surface area contributed by atoms with Crippen LogP contribution in [0, 0.1) is 12.7 Å². The largest absolute Gasteiger partial charge is 0.332 e. The zero-order valence-corrected chi connectivity index (χ0v) is 21.9. The molecule has 2 fully saturated rings. The van der Waals surface area contributed by atoms with Crippen LogP contribution in [-0.4, -0.2) is 34.8 Å². The fraction of sp³-hybridized carbons (Fsp3) is 0.483. The van der Waals surface area contributed by atoms with E-state index in [1.807, 2.05) is 18.2 Å². The summed E-state index contributed by atoms with van der Waals surface area (Å²) >= 11 is 0. The third kappa shape index (κ3) is 4.51. The maximum atomic E-state index is 14.0. The number of carbonyl (C=O) groups is 3. The van der Waals surface area contributed by atoms with E-state index in [1.54, 1.807) is 19.1 Å². The number of urea groups is 1. The van der Waals surface area contributed by atoms with E-state index in [0.717, 1.165) is 41.0 Å². The van der Waals surface area contributed by atoms with Gasteiger partial charge in [0.25, 0.3) is 5.91 Å². The number of hydrogen-bond acceptors (Lipinski definition) is 3. The monoisotopic (exact) mass is 493 g/mol. The van der Waals surface area contributed by atoms with Crippen molar-refractivity contribution in [1.82, 2.24) is 4.90 Å². The predicted molar refractivity (Wildman–Crippen MR) is 140 cm³/mol. The van der Waals surface area contributed by atoms with Crippen LogP contribution >= 0.6 is 0 Å². The number of aryl methyl sites for hydroxylation is 1. The number of para-hydroxylation sites is 1. The summed E-state index contributed by atoms with van der Waals surface area (Å²) < 4.78 is 14.0. The molecule has 4 amide bonds. The smallest absolute Gasteiger partial charge is 0.324 e. The normalized spacial score (nSPS) is 17.6. The summed E-state index contributed by atoms with van der Waals surface area (Å²) in [6.45, 7) is 9.55. The number of nitrogens with one attached hydrogen (secondary N) is 1. The van der Waals surface area contributed by atoms with Gasteiger partial charge in [0.05, 0.1) is 0 Å². The van der Waals surface area contributed by atoms with Gasteiger partial charge in [-0.3, -0.25) is 19.4 Å². The number of rotatable bonds is 6. The first-order chi connectivity index (χ1) is 17.1. The standard InChI is InChI=1S/C29H36FN3O3/c1-18(2)22-10-9-11-23(19(3)4)26(22)31-25(34)17-32-27(35)29(14-7-6-8-15-29)33(28(32)36)21-12-13-24(30)20(5)16-21/h9-13,16,18-19H,6-8,14-15,17H2,1-5H3,(H,31,34). The van der Waals surface area contributed by atoms with E-state index in [4.69, 9.17) is 0 Å². The van der Waals surface area contributed by atoms with Crippen LogP contribution in [0.2, 0.25) is 0 Å². The van der Waals surface area contributed by atoms with Crippen molar-refractivity contribution >= 4 is 29.2 Å². The fourth-order valence-electron chi connectivity index (χ4n) is 5.59. The molecule has 2 aromatic rings. The van der Waals surface area contributed by atoms with Crippen molar-refractivity contribution in [2.75, 3.05) is 16.8 Å². The van der Waals surface area contributed by atoms with Crippen molar-refractivity contribution in [2.45, 2.75) is 84.1 Å². The number of imide groups is 1. The topological polar surface area (TPSA) is 69.7 Å². The van der Waals surface area contributed by atoms with Gasteiger partial charge in [0.15, 0.2) is 0 Å². The molecule has 1 spiro atoms. The number of benzene rings is 2. The number of halogens is 1. The number of carbonyl (C=O) groups excluding carboxylic acids is 3. The Morgan fingerprint density at radius 1 is 1.00 bits per heavy atom. The highest BCUT2D eigenvalue weighted by Crippen LogP contribution is 2.43. The highest BCUT2D eigenvalue weighted by molar-refractivity contribution is 6.18. The van der Waals surface area contributed by atoms with Crippen molar-refractivity contribution in [3.05, 3.63) is 58.9 Å². The van der Waals surface area contributed by atoms with E-state index in [1.165, 1.54) is 11.0 Å². The van der Waals surface area contributed by atoms with Crippen molar-refractivity contribution in [3.63, 3.8) is 0 Å². The average Bonchev–Trinajstić information content (AvgIpc) is 3.02. The number of anilines is 2. The lowest BCUT2D eigenvalue weighted by Gasteiger charge is -2.38. The lowest BCUT2D eigenvalue weighted by atomic mass is 9.80. The Balaban J connectivity index is 1.66. The molecule has 0 radical (unpaired) electrons. The second kappa shape index (κ2) is 10.0. The summed E-state index contributed by atoms with van der Waals surface area (Å²) in [6, 6.07) is 9.93. The van der Waals surface area contributed by atoms with E-state index < -0.39 is 17.5 Å². The van der Waals surface area contributed by atoms with Crippen LogP contribution in [0.5, 0.6) is 0 Å². The van der Waals surface area contributed by atoms with Gasteiger partial charge in [-0.05, 0) is 66.5 Å². The second-order valence-corrected chi connectivity index (χ2v) is 10.7. The summed E-state index contributed by atoms with van der Waals surface area (Å²) in [4.78, 5) is 43.3. The van der Waals surface area contributed by atoms with Gasteiger partial charge >= 0.3 is 6.03 Å². The molecule has 1 N–H and O–H groups in total. The SMILES string of the molecule is Cc1cc(N2C(=O)N(CC(=O)Nc3c(C(C)C)cccc3C(C)C)C(=O)C23CCCCC3)ccc1F. The summed E-state index contributed by atoms with van der Waals surface area (Å²) in [5, 5.41) is 3.02. The molecular formula is C29H36FN3O3. The minimum Gasteiger partial charge on any atom is -0.324 e. The molecule has 192 valence electrons. The molecule has 36 heavy (non-hydrogen) atoms. The predicted octanol–water partition coefficient (Wildman–Crippen LogP) is 6.49. The lowest BCUT2D eigenvalue weighted by molar-refractivity contribution is -0.134. The Bertz CT molecular complexity index is 1160. The first-order valence-corrected chi connectivity index (χ1v) is 12.9. The zero-order valence-electron chi connectivity index (χ0n) is 21.9. The van der Waals surface area contributed by atoms with Gasteiger partial charge in [-0.15, -0.1) is 0 Å². The van der Waals surface area contributed by atoms with Crippen molar-refractivity contribution < 1.29 is 18.8 Å². The van der Waals surface area contributed by atoms with Gasteiger partial charge in [-0.1, -0.05) is 65.2 Å². The van der Waals surface area contributed by atoms with Crippen LogP contribution in [0.1, 0.15) is 88.3 Å². The number of hydrogen-bond donors (Lipinski definition) is 1. The first-order valence-electron chi connectivity index (χ1n) is 12.9. The third-order valence-corrected chi connectivity index (χ3v) is 7.51. The maximum Gasteiger partial charge on any atom is 0.332 e. The average molecular weight is 494 g/mol. The molecule has 1 saturated heterocycles. The molecule has 6 nitrogen and oxygen atoms in total. The van der Waals surface area contributed by atoms with Gasteiger partial charge in [-0.25, -0.2) is 9.18 Å². The van der Waals surface area contributed by atoms with Crippen LogP contribution in [0.4, 0.5) is 20.6 Å². The molecular weight excluding hydrogens is 457 g/mol. The molecule has 0 aromatic heterocycles. The molecule has 1 aliphatic carbocycles. The quantitative estimate of drug-likeness (QED) is 0.468. The van der Waals surface area contributed by atoms with E-state index in [0.29, 0.717) is 24.1 Å². The summed E-state index contributed by atoms with van der Waals surface area (Å²) in [7, 11) is 0. The molecule has 4 rings (SSSR count). The van der Waals surface area contributed by atoms with Crippen LogP contribution in [0.15, 0.2) is 36.4 Å². The number of amides is 4. The Kier molecular flexibility index (Phi) is 7.21. The van der Waals surface area contributed by atoms with Crippen LogP contribution in [0.25, 0.3) is 0 Å². The van der Waals surface area contributed by atoms with Crippen molar-refractivity contribution in [1.29, 1.82) is 0 Å². The Hall–Kier alpha value is -3.22. The van der Waals surface area contributed by atoms with E-state index >= 15 is 0 Å².